The van der Waals surface area contributed by atoms with Gasteiger partial charge in [0.1, 0.15) is 21.9 Å². The molecule has 140 valence electrons. The van der Waals surface area contributed by atoms with Gasteiger partial charge in [-0.1, -0.05) is 11.3 Å². The van der Waals surface area contributed by atoms with Gasteiger partial charge in [0.2, 0.25) is 0 Å². The molecule has 2 aromatic rings. The first kappa shape index (κ1) is 18.6. The highest BCUT2D eigenvalue weighted by Gasteiger charge is 2.30. The van der Waals surface area contributed by atoms with Crippen LogP contribution in [0.5, 0.6) is 5.75 Å². The van der Waals surface area contributed by atoms with Crippen LogP contribution in [0.25, 0.3) is 0 Å². The summed E-state index contributed by atoms with van der Waals surface area (Å²) in [5.74, 6) is 0.241. The maximum absolute atomic E-state index is 12.9. The summed E-state index contributed by atoms with van der Waals surface area (Å²) in [7, 11) is -3.50. The molecule has 0 radical (unpaired) electrons. The molecular weight excluding hydrogens is 383 g/mol. The summed E-state index contributed by atoms with van der Waals surface area (Å²) in [6, 6.07) is 6.89. The van der Waals surface area contributed by atoms with E-state index in [1.807, 2.05) is 4.90 Å². The average Bonchev–Trinajstić information content (AvgIpc) is 3.04. The molecule has 1 aromatic heterocycles. The first-order valence-corrected chi connectivity index (χ1v) is 10.6. The van der Waals surface area contributed by atoms with E-state index in [0.717, 1.165) is 23.7 Å². The molecule has 1 fully saturated rings. The lowest BCUT2D eigenvalue weighted by atomic mass is 10.1. The number of hydrogen-bond donors (Lipinski definition) is 0. The number of nitro groups is 1. The minimum absolute atomic E-state index is 0.0103. The van der Waals surface area contributed by atoms with Crippen molar-refractivity contribution in [3.63, 3.8) is 0 Å². The number of thiophene rings is 1. The van der Waals surface area contributed by atoms with Crippen LogP contribution in [0.4, 0.5) is 15.1 Å². The highest BCUT2D eigenvalue weighted by molar-refractivity contribution is 7.92. The fourth-order valence-corrected chi connectivity index (χ4v) is 4.85. The molecule has 1 aromatic carbocycles. The molecule has 0 aliphatic carbocycles. The molecule has 1 saturated heterocycles. The molecule has 0 unspecified atom stereocenters. The van der Waals surface area contributed by atoms with Crippen molar-refractivity contribution in [2.75, 3.05) is 24.2 Å². The predicted octanol–water partition coefficient (Wildman–Crippen LogP) is 3.25. The Morgan fingerprint density at radius 1 is 1.27 bits per heavy atom. The number of nitrogens with zero attached hydrogens (tertiary/aromatic N) is 2. The zero-order valence-electron chi connectivity index (χ0n) is 13.9. The summed E-state index contributed by atoms with van der Waals surface area (Å²) in [6.45, 7) is 1.02. The summed E-state index contributed by atoms with van der Waals surface area (Å²) >= 11 is 0.922. The number of ether oxygens (including phenoxy) is 1. The molecule has 3 rings (SSSR count). The van der Waals surface area contributed by atoms with Crippen LogP contribution < -0.4 is 9.64 Å². The van der Waals surface area contributed by atoms with E-state index in [-0.39, 0.29) is 21.8 Å². The van der Waals surface area contributed by atoms with Crippen LogP contribution in [0.15, 0.2) is 34.5 Å². The summed E-state index contributed by atoms with van der Waals surface area (Å²) in [4.78, 5) is 12.5. The van der Waals surface area contributed by atoms with Crippen molar-refractivity contribution in [1.29, 1.82) is 0 Å². The Morgan fingerprint density at radius 3 is 2.42 bits per heavy atom. The third-order valence-electron chi connectivity index (χ3n) is 4.08. The number of halogens is 1. The number of hydrogen-bond acceptors (Lipinski definition) is 7. The highest BCUT2D eigenvalue weighted by Crippen LogP contribution is 2.41. The van der Waals surface area contributed by atoms with E-state index in [2.05, 4.69) is 0 Å². The second-order valence-electron chi connectivity index (χ2n) is 6.04. The summed E-state index contributed by atoms with van der Waals surface area (Å²) in [6.07, 6.45) is 2.21. The summed E-state index contributed by atoms with van der Waals surface area (Å²) in [5, 5.41) is 11.6. The number of rotatable bonds is 5. The van der Waals surface area contributed by atoms with Gasteiger partial charge < -0.3 is 9.64 Å². The maximum Gasteiger partial charge on any atom is 0.305 e. The molecular formula is C16H17FN2O5S2. The van der Waals surface area contributed by atoms with Gasteiger partial charge in [0.05, 0.1) is 4.92 Å². The van der Waals surface area contributed by atoms with E-state index >= 15 is 0 Å². The third-order valence-corrected chi connectivity index (χ3v) is 7.07. The van der Waals surface area contributed by atoms with Gasteiger partial charge in [0.25, 0.3) is 0 Å². The topological polar surface area (TPSA) is 89.8 Å². The second-order valence-corrected chi connectivity index (χ2v) is 9.32. The van der Waals surface area contributed by atoms with Gasteiger partial charge >= 0.3 is 5.69 Å². The van der Waals surface area contributed by atoms with Crippen LogP contribution in [0, 0.1) is 15.9 Å². The number of benzene rings is 1. The molecule has 0 atom stereocenters. The van der Waals surface area contributed by atoms with Gasteiger partial charge in [-0.05, 0) is 24.3 Å². The largest absolute Gasteiger partial charge is 0.490 e. The van der Waals surface area contributed by atoms with E-state index in [4.69, 9.17) is 4.74 Å². The average molecular weight is 400 g/mol. The zero-order valence-corrected chi connectivity index (χ0v) is 15.6. The molecule has 0 spiro atoms. The van der Waals surface area contributed by atoms with Gasteiger partial charge in [0.15, 0.2) is 14.8 Å². The van der Waals surface area contributed by atoms with Crippen LogP contribution in [-0.4, -0.2) is 38.8 Å². The van der Waals surface area contributed by atoms with Crippen molar-refractivity contribution in [2.45, 2.75) is 23.2 Å². The summed E-state index contributed by atoms with van der Waals surface area (Å²) < 4.78 is 42.1. The molecule has 0 bridgehead atoms. The van der Waals surface area contributed by atoms with E-state index < -0.39 is 14.8 Å². The van der Waals surface area contributed by atoms with Crippen molar-refractivity contribution in [2.24, 2.45) is 0 Å². The molecule has 7 nitrogen and oxygen atoms in total. The first-order chi connectivity index (χ1) is 12.2. The second kappa shape index (κ2) is 7.20. The molecule has 1 aliphatic rings. The minimum Gasteiger partial charge on any atom is -0.490 e. The Morgan fingerprint density at radius 2 is 1.88 bits per heavy atom. The van der Waals surface area contributed by atoms with E-state index in [0.29, 0.717) is 36.7 Å². The Bertz CT molecular complexity index is 903. The molecule has 0 N–H and O–H groups in total. The lowest BCUT2D eigenvalue weighted by molar-refractivity contribution is -0.383. The zero-order chi connectivity index (χ0) is 18.9. The normalized spacial score (nSPS) is 15.8. The first-order valence-electron chi connectivity index (χ1n) is 7.89. The van der Waals surface area contributed by atoms with Crippen LogP contribution in [0.3, 0.4) is 0 Å². The summed E-state index contributed by atoms with van der Waals surface area (Å²) in [5.41, 5.74) is -0.187. The number of piperidine rings is 1. The van der Waals surface area contributed by atoms with Crippen molar-refractivity contribution in [3.8, 4) is 5.75 Å². The Hall–Kier alpha value is -2.20. The van der Waals surface area contributed by atoms with E-state index in [1.165, 1.54) is 12.1 Å². The molecule has 0 saturated carbocycles. The van der Waals surface area contributed by atoms with Crippen molar-refractivity contribution >= 4 is 31.9 Å². The molecule has 0 amide bonds. The Labute approximate surface area is 154 Å². The third kappa shape index (κ3) is 4.13. The monoisotopic (exact) mass is 400 g/mol. The van der Waals surface area contributed by atoms with E-state index in [9.17, 15) is 22.9 Å². The number of sulfone groups is 1. The van der Waals surface area contributed by atoms with E-state index in [1.54, 1.807) is 12.1 Å². The van der Waals surface area contributed by atoms with Crippen molar-refractivity contribution < 1.29 is 22.5 Å². The fourth-order valence-electron chi connectivity index (χ4n) is 2.77. The molecule has 1 aliphatic heterocycles. The van der Waals surface area contributed by atoms with Crippen LogP contribution in [0.1, 0.15) is 12.8 Å². The highest BCUT2D eigenvalue weighted by atomic mass is 32.2. The van der Waals surface area contributed by atoms with Crippen LogP contribution in [0.2, 0.25) is 0 Å². The SMILES string of the molecule is CS(=O)(=O)c1cc([N+](=O)[O-])c(N2CCC(Oc3ccc(F)cc3)CC2)s1. The molecule has 10 heteroatoms. The van der Waals surface area contributed by atoms with Crippen LogP contribution >= 0.6 is 11.3 Å². The van der Waals surface area contributed by atoms with Gasteiger partial charge in [0, 0.05) is 38.3 Å². The van der Waals surface area contributed by atoms with Crippen molar-refractivity contribution in [1.82, 2.24) is 0 Å². The van der Waals surface area contributed by atoms with Gasteiger partial charge in [-0.25, -0.2) is 12.8 Å². The quantitative estimate of drug-likeness (QED) is 0.565. The molecule has 2 heterocycles. The standard InChI is InChI=1S/C16H17FN2O5S2/c1-26(22,23)15-10-14(19(20)21)16(25-15)18-8-6-13(7-9-18)24-12-4-2-11(17)3-5-12/h2-5,10,13H,6-9H2,1H3. The lowest BCUT2D eigenvalue weighted by Crippen LogP contribution is -2.38. The lowest BCUT2D eigenvalue weighted by Gasteiger charge is -2.32. The van der Waals surface area contributed by atoms with Crippen molar-refractivity contribution in [3.05, 3.63) is 46.3 Å². The smallest absolute Gasteiger partial charge is 0.305 e. The van der Waals surface area contributed by atoms with Crippen LogP contribution in [-0.2, 0) is 9.84 Å². The van der Waals surface area contributed by atoms with Gasteiger partial charge in [-0.2, -0.15) is 0 Å². The minimum atomic E-state index is -3.50. The van der Waals surface area contributed by atoms with Gasteiger partial charge in [-0.15, -0.1) is 0 Å². The Balaban J connectivity index is 1.70. The maximum atomic E-state index is 12.9. The van der Waals surface area contributed by atoms with Gasteiger partial charge in [-0.3, -0.25) is 10.1 Å². The predicted molar refractivity (Wildman–Crippen MR) is 96.3 cm³/mol. The molecule has 26 heavy (non-hydrogen) atoms. The Kier molecular flexibility index (Phi) is 5.15. The fraction of sp³-hybridized carbons (Fsp3) is 0.375. The number of anilines is 1.